The minimum Gasteiger partial charge on any atom is -0.481 e. The van der Waals surface area contributed by atoms with Gasteiger partial charge in [0.1, 0.15) is 12.6 Å². The fourth-order valence-corrected chi connectivity index (χ4v) is 4.84. The first-order chi connectivity index (χ1) is 16.4. The number of carbonyl (C=O) groups excluding carboxylic acids is 2. The number of amides is 2. The predicted octanol–water partition coefficient (Wildman–Crippen LogP) is 3.87. The topological polar surface area (TPSA) is 109 Å². The second-order valence-electron chi connectivity index (χ2n) is 8.13. The predicted molar refractivity (Wildman–Crippen MR) is 127 cm³/mol. The van der Waals surface area contributed by atoms with Gasteiger partial charge in [0.2, 0.25) is 5.91 Å². The molecule has 9 heteroatoms. The lowest BCUT2D eigenvalue weighted by molar-refractivity contribution is -0.137. The third-order valence-corrected chi connectivity index (χ3v) is 6.57. The summed E-state index contributed by atoms with van der Waals surface area (Å²) in [4.78, 5) is 39.0. The van der Waals surface area contributed by atoms with Crippen LogP contribution < -0.4 is 5.32 Å². The van der Waals surface area contributed by atoms with Crippen molar-refractivity contribution in [3.05, 3.63) is 76.8 Å². The molecule has 0 aliphatic heterocycles. The van der Waals surface area contributed by atoms with Crippen molar-refractivity contribution in [1.82, 2.24) is 14.6 Å². The molecule has 1 atom stereocenters. The van der Waals surface area contributed by atoms with Gasteiger partial charge in [-0.25, -0.2) is 9.17 Å². The molecule has 0 saturated carbocycles. The van der Waals surface area contributed by atoms with Crippen LogP contribution in [0.4, 0.5) is 4.79 Å². The first-order valence-corrected chi connectivity index (χ1v) is 11.7. The van der Waals surface area contributed by atoms with Gasteiger partial charge in [0.15, 0.2) is 0 Å². The summed E-state index contributed by atoms with van der Waals surface area (Å²) in [7, 11) is 1.61. The van der Waals surface area contributed by atoms with E-state index in [9.17, 15) is 14.4 Å². The minimum atomic E-state index is -1.04. The highest BCUT2D eigenvalue weighted by molar-refractivity contribution is 7.05. The molecule has 176 valence electrons. The normalized spacial score (nSPS) is 13.0. The van der Waals surface area contributed by atoms with E-state index in [1.807, 2.05) is 48.5 Å². The van der Waals surface area contributed by atoms with E-state index in [0.29, 0.717) is 6.54 Å². The molecule has 0 saturated heterocycles. The monoisotopic (exact) mass is 479 g/mol. The van der Waals surface area contributed by atoms with Crippen molar-refractivity contribution < 1.29 is 24.2 Å². The summed E-state index contributed by atoms with van der Waals surface area (Å²) >= 11 is 1.27. The summed E-state index contributed by atoms with van der Waals surface area (Å²) in [5.41, 5.74) is 4.40. The van der Waals surface area contributed by atoms with E-state index < -0.39 is 18.1 Å². The lowest BCUT2D eigenvalue weighted by Gasteiger charge is -2.24. The van der Waals surface area contributed by atoms with Crippen LogP contribution in [-0.2, 0) is 20.9 Å². The number of nitrogens with zero attached hydrogens (tertiary/aromatic N) is 2. The number of aliphatic carboxylic acids is 1. The minimum absolute atomic E-state index is 0.0363. The molecule has 8 nitrogen and oxygen atoms in total. The zero-order valence-corrected chi connectivity index (χ0v) is 19.5. The Morgan fingerprint density at radius 3 is 2.32 bits per heavy atom. The Labute approximate surface area is 201 Å². The maximum atomic E-state index is 13.0. The summed E-state index contributed by atoms with van der Waals surface area (Å²) in [5.74, 6) is -1.54. The smallest absolute Gasteiger partial charge is 0.407 e. The van der Waals surface area contributed by atoms with Crippen molar-refractivity contribution in [2.24, 2.45) is 0 Å². The summed E-state index contributed by atoms with van der Waals surface area (Å²) in [6, 6.07) is 16.8. The van der Waals surface area contributed by atoms with Crippen molar-refractivity contribution in [2.45, 2.75) is 31.3 Å². The molecular weight excluding hydrogens is 454 g/mol. The van der Waals surface area contributed by atoms with Gasteiger partial charge in [-0.15, -0.1) is 0 Å². The van der Waals surface area contributed by atoms with Crippen LogP contribution in [0.25, 0.3) is 11.1 Å². The van der Waals surface area contributed by atoms with Gasteiger partial charge in [-0.1, -0.05) is 48.5 Å². The number of carboxylic acid groups (broad SMARTS) is 1. The van der Waals surface area contributed by atoms with E-state index in [1.54, 1.807) is 19.3 Å². The van der Waals surface area contributed by atoms with E-state index >= 15 is 0 Å². The third kappa shape index (κ3) is 5.26. The quantitative estimate of drug-likeness (QED) is 0.482. The van der Waals surface area contributed by atoms with Gasteiger partial charge in [-0.3, -0.25) is 9.59 Å². The number of hydrogen-bond donors (Lipinski definition) is 2. The standard InChI is InChI=1S/C25H25N3O5S/c1-28(14-16-12-13-26-34-16)24(31)22(10-11-23(29)30)27-25(32)33-15-21-19-8-4-2-6-17(19)18-7-3-5-9-20(18)21/h2-9,12-13,21-22H,10-11,14-15H2,1H3,(H,27,32)(H,29,30). The van der Waals surface area contributed by atoms with E-state index in [-0.39, 0.29) is 31.3 Å². The molecular formula is C25H25N3O5S. The lowest BCUT2D eigenvalue weighted by atomic mass is 9.98. The number of benzene rings is 2. The highest BCUT2D eigenvalue weighted by Crippen LogP contribution is 2.44. The zero-order valence-electron chi connectivity index (χ0n) is 18.6. The van der Waals surface area contributed by atoms with E-state index in [0.717, 1.165) is 27.1 Å². The highest BCUT2D eigenvalue weighted by atomic mass is 32.1. The average Bonchev–Trinajstić information content (AvgIpc) is 3.46. The van der Waals surface area contributed by atoms with Crippen LogP contribution in [0.1, 0.15) is 34.8 Å². The Morgan fingerprint density at radius 1 is 1.09 bits per heavy atom. The van der Waals surface area contributed by atoms with Gasteiger partial charge in [0, 0.05) is 30.5 Å². The molecule has 3 aromatic rings. The number of alkyl carbamates (subject to hydrolysis) is 1. The molecule has 4 rings (SSSR count). The first-order valence-electron chi connectivity index (χ1n) is 10.9. The molecule has 0 spiro atoms. The molecule has 2 N–H and O–H groups in total. The van der Waals surface area contributed by atoms with E-state index in [1.165, 1.54) is 16.4 Å². The molecule has 1 unspecified atom stereocenters. The second-order valence-corrected chi connectivity index (χ2v) is 9.05. The molecule has 2 aromatic carbocycles. The number of hydrogen-bond acceptors (Lipinski definition) is 6. The fraction of sp³-hybridized carbons (Fsp3) is 0.280. The lowest BCUT2D eigenvalue weighted by Crippen LogP contribution is -2.47. The highest BCUT2D eigenvalue weighted by Gasteiger charge is 2.30. The fourth-order valence-electron chi connectivity index (χ4n) is 4.21. The molecule has 0 bridgehead atoms. The first kappa shape index (κ1) is 23.4. The Hall–Kier alpha value is -3.72. The van der Waals surface area contributed by atoms with Crippen LogP contribution in [-0.4, -0.2) is 52.0 Å². The van der Waals surface area contributed by atoms with Crippen molar-refractivity contribution >= 4 is 29.5 Å². The van der Waals surface area contributed by atoms with E-state index in [2.05, 4.69) is 9.69 Å². The van der Waals surface area contributed by atoms with Gasteiger partial charge < -0.3 is 20.1 Å². The largest absolute Gasteiger partial charge is 0.481 e. The van der Waals surface area contributed by atoms with Crippen LogP contribution in [0.15, 0.2) is 60.8 Å². The number of aromatic nitrogens is 1. The molecule has 1 heterocycles. The Bertz CT molecular complexity index is 1140. The van der Waals surface area contributed by atoms with E-state index in [4.69, 9.17) is 9.84 Å². The molecule has 1 aliphatic rings. The zero-order chi connectivity index (χ0) is 24.1. The third-order valence-electron chi connectivity index (χ3n) is 5.84. The molecule has 1 aromatic heterocycles. The van der Waals surface area contributed by atoms with Gasteiger partial charge in [-0.2, -0.15) is 0 Å². The SMILES string of the molecule is CN(Cc1ccns1)C(=O)C(CCC(=O)O)NC(=O)OCC1c2ccccc2-c2ccccc21. The number of nitrogens with one attached hydrogen (secondary N) is 1. The number of rotatable bonds is 9. The van der Waals surface area contributed by atoms with Crippen molar-refractivity contribution in [3.63, 3.8) is 0 Å². The van der Waals surface area contributed by atoms with Crippen LogP contribution in [0.2, 0.25) is 0 Å². The molecule has 0 radical (unpaired) electrons. The van der Waals surface area contributed by atoms with Gasteiger partial charge >= 0.3 is 12.1 Å². The molecule has 1 aliphatic carbocycles. The molecule has 34 heavy (non-hydrogen) atoms. The summed E-state index contributed by atoms with van der Waals surface area (Å²) in [6.07, 6.45) is 0.603. The van der Waals surface area contributed by atoms with Gasteiger partial charge in [0.05, 0.1) is 6.54 Å². The maximum Gasteiger partial charge on any atom is 0.407 e. The number of likely N-dealkylation sites (N-methyl/N-ethyl adjacent to an activating group) is 1. The number of carboxylic acids is 1. The van der Waals surface area contributed by atoms with Crippen LogP contribution in [0, 0.1) is 0 Å². The van der Waals surface area contributed by atoms with Gasteiger partial charge in [-0.05, 0) is 46.3 Å². The number of carbonyl (C=O) groups is 3. The average molecular weight is 480 g/mol. The summed E-state index contributed by atoms with van der Waals surface area (Å²) < 4.78 is 9.55. The Morgan fingerprint density at radius 2 is 1.74 bits per heavy atom. The number of ether oxygens (including phenoxy) is 1. The number of fused-ring (bicyclic) bond motifs is 3. The second kappa shape index (κ2) is 10.5. The van der Waals surface area contributed by atoms with Gasteiger partial charge in [0.25, 0.3) is 0 Å². The molecule has 0 fully saturated rings. The van der Waals surface area contributed by atoms with Crippen molar-refractivity contribution in [3.8, 4) is 11.1 Å². The maximum absolute atomic E-state index is 13.0. The van der Waals surface area contributed by atoms with Crippen molar-refractivity contribution in [2.75, 3.05) is 13.7 Å². The Kier molecular flexibility index (Phi) is 7.22. The summed E-state index contributed by atoms with van der Waals surface area (Å²) in [5, 5.41) is 11.7. The van der Waals surface area contributed by atoms with Crippen LogP contribution in [0.5, 0.6) is 0 Å². The van der Waals surface area contributed by atoms with Crippen molar-refractivity contribution in [1.29, 1.82) is 0 Å². The summed E-state index contributed by atoms with van der Waals surface area (Å²) in [6.45, 7) is 0.426. The Balaban J connectivity index is 1.41. The molecule has 2 amide bonds. The van der Waals surface area contributed by atoms with Crippen LogP contribution >= 0.6 is 11.5 Å². The van der Waals surface area contributed by atoms with Crippen LogP contribution in [0.3, 0.4) is 0 Å².